The minimum atomic E-state index is -5.72. The minimum absolute atomic E-state index is 0.172. The summed E-state index contributed by atoms with van der Waals surface area (Å²) in [6, 6.07) is 18.5. The third kappa shape index (κ3) is 7.65. The number of hydrogen-bond acceptors (Lipinski definition) is 6. The lowest BCUT2D eigenvalue weighted by Gasteiger charge is -2.29. The van der Waals surface area contributed by atoms with Gasteiger partial charge < -0.3 is 14.8 Å². The van der Waals surface area contributed by atoms with Gasteiger partial charge in [0, 0.05) is 37.8 Å². The first-order chi connectivity index (χ1) is 19.5. The third-order valence-electron chi connectivity index (χ3n) is 6.78. The number of rotatable bonds is 10. The molecular weight excluding hydrogens is 559 g/mol. The zero-order chi connectivity index (χ0) is 29.6. The fourth-order valence-electron chi connectivity index (χ4n) is 4.57. The van der Waals surface area contributed by atoms with Crippen molar-refractivity contribution in [3.05, 3.63) is 89.0 Å². The highest BCUT2D eigenvalue weighted by Crippen LogP contribution is 2.30. The maximum Gasteiger partial charge on any atom is 0.534 e. The number of amides is 2. The van der Waals surface area contributed by atoms with Crippen LogP contribution in [-0.4, -0.2) is 57.3 Å². The molecule has 2 amide bonds. The highest BCUT2D eigenvalue weighted by Gasteiger charge is 2.48. The van der Waals surface area contributed by atoms with Gasteiger partial charge in [0.05, 0.1) is 0 Å². The number of halogens is 3. The predicted octanol–water partition coefficient (Wildman–Crippen LogP) is 4.51. The number of unbranched alkanes of at least 4 members (excludes halogenated alkanes) is 1. The fraction of sp³-hybridized carbons (Fsp3) is 0.310. The molecule has 4 rings (SSSR count). The van der Waals surface area contributed by atoms with Gasteiger partial charge in [-0.15, -0.1) is 0 Å². The third-order valence-corrected chi connectivity index (χ3v) is 7.76. The van der Waals surface area contributed by atoms with E-state index in [2.05, 4.69) is 19.7 Å². The van der Waals surface area contributed by atoms with Crippen LogP contribution >= 0.6 is 0 Å². The Kier molecular flexibility index (Phi) is 9.34. The normalized spacial score (nSPS) is 13.8. The molecule has 0 atom stereocenters. The molecule has 3 aromatic carbocycles. The second-order valence-electron chi connectivity index (χ2n) is 9.64. The highest BCUT2D eigenvalue weighted by atomic mass is 32.2. The molecule has 1 aliphatic rings. The number of benzene rings is 3. The molecule has 8 nitrogen and oxygen atoms in total. The average Bonchev–Trinajstić information content (AvgIpc) is 2.95. The SMILES string of the molecule is CNC(=O)c1cccc(-c2ccc(C(=O)NCCCCN3CCc4ccc(OS(=O)(=O)C(F)(F)F)cc4C3)cc2)c1. The number of alkyl halides is 3. The van der Waals surface area contributed by atoms with Crippen LogP contribution in [0.25, 0.3) is 11.1 Å². The van der Waals surface area contributed by atoms with Crippen molar-refractivity contribution in [1.29, 1.82) is 0 Å². The summed E-state index contributed by atoms with van der Waals surface area (Å²) in [4.78, 5) is 26.6. The van der Waals surface area contributed by atoms with Gasteiger partial charge in [-0.25, -0.2) is 0 Å². The molecule has 0 radical (unpaired) electrons. The topological polar surface area (TPSA) is 105 Å². The van der Waals surface area contributed by atoms with Gasteiger partial charge in [-0.05, 0) is 84.5 Å². The molecule has 12 heteroatoms. The lowest BCUT2D eigenvalue weighted by molar-refractivity contribution is -0.0500. The molecular formula is C29H30F3N3O5S. The van der Waals surface area contributed by atoms with E-state index in [1.165, 1.54) is 12.1 Å². The van der Waals surface area contributed by atoms with Crippen molar-refractivity contribution in [3.8, 4) is 16.9 Å². The summed E-state index contributed by atoms with van der Waals surface area (Å²) in [5, 5.41) is 5.51. The van der Waals surface area contributed by atoms with Crippen LogP contribution in [0, 0.1) is 0 Å². The standard InChI is InChI=1S/C29H30F3N3O5S/c1-33-27(36)24-6-4-5-23(17-24)20-7-9-22(10-8-20)28(37)34-14-2-3-15-35-16-13-21-11-12-26(18-25(21)19-35)40-41(38,39)29(30,31)32/h4-12,17-18H,2-3,13-16,19H2,1H3,(H,33,36)(H,34,37). The van der Waals surface area contributed by atoms with Crippen molar-refractivity contribution in [3.63, 3.8) is 0 Å². The van der Waals surface area contributed by atoms with Crippen LogP contribution < -0.4 is 14.8 Å². The quantitative estimate of drug-likeness (QED) is 0.205. The number of carbonyl (C=O) groups is 2. The van der Waals surface area contributed by atoms with Crippen molar-refractivity contribution in [1.82, 2.24) is 15.5 Å². The van der Waals surface area contributed by atoms with Crippen LogP contribution in [0.5, 0.6) is 5.75 Å². The fourth-order valence-corrected chi connectivity index (χ4v) is 5.02. The van der Waals surface area contributed by atoms with Crippen LogP contribution in [0.2, 0.25) is 0 Å². The summed E-state index contributed by atoms with van der Waals surface area (Å²) in [5.41, 5.74) is -0.997. The summed E-state index contributed by atoms with van der Waals surface area (Å²) in [7, 11) is -4.15. The zero-order valence-corrected chi connectivity index (χ0v) is 23.1. The van der Waals surface area contributed by atoms with Gasteiger partial charge in [0.2, 0.25) is 0 Å². The Bertz CT molecular complexity index is 1510. The maximum absolute atomic E-state index is 12.6. The molecule has 0 saturated heterocycles. The molecule has 1 aliphatic heterocycles. The summed E-state index contributed by atoms with van der Waals surface area (Å²) in [6.07, 6.45) is 2.20. The molecule has 0 fully saturated rings. The monoisotopic (exact) mass is 589 g/mol. The van der Waals surface area contributed by atoms with E-state index >= 15 is 0 Å². The lowest BCUT2D eigenvalue weighted by atomic mass is 9.99. The second kappa shape index (κ2) is 12.7. The van der Waals surface area contributed by atoms with E-state index in [1.54, 1.807) is 43.4 Å². The van der Waals surface area contributed by atoms with Crippen molar-refractivity contribution >= 4 is 21.9 Å². The average molecular weight is 590 g/mol. The molecule has 0 unspecified atom stereocenters. The Labute approximate surface area is 236 Å². The summed E-state index contributed by atoms with van der Waals surface area (Å²) in [6.45, 7) is 2.42. The largest absolute Gasteiger partial charge is 0.534 e. The van der Waals surface area contributed by atoms with Crippen molar-refractivity contribution < 1.29 is 35.4 Å². The van der Waals surface area contributed by atoms with E-state index in [1.807, 2.05) is 18.2 Å². The lowest BCUT2D eigenvalue weighted by Crippen LogP contribution is -2.32. The van der Waals surface area contributed by atoms with Crippen molar-refractivity contribution in [2.45, 2.75) is 31.3 Å². The van der Waals surface area contributed by atoms with Crippen LogP contribution in [0.4, 0.5) is 13.2 Å². The van der Waals surface area contributed by atoms with E-state index in [0.717, 1.165) is 41.6 Å². The number of carbonyl (C=O) groups excluding carboxylic acids is 2. The van der Waals surface area contributed by atoms with Crippen LogP contribution in [0.15, 0.2) is 66.7 Å². The van der Waals surface area contributed by atoms with E-state index in [0.29, 0.717) is 37.2 Å². The number of nitrogens with one attached hydrogen (secondary N) is 2. The van der Waals surface area contributed by atoms with Gasteiger partial charge in [-0.1, -0.05) is 30.3 Å². The zero-order valence-electron chi connectivity index (χ0n) is 22.3. The van der Waals surface area contributed by atoms with Crippen LogP contribution in [0.1, 0.15) is 44.7 Å². The Balaban J connectivity index is 1.22. The maximum atomic E-state index is 12.6. The molecule has 41 heavy (non-hydrogen) atoms. The van der Waals surface area contributed by atoms with Crippen molar-refractivity contribution in [2.24, 2.45) is 0 Å². The molecule has 2 N–H and O–H groups in total. The van der Waals surface area contributed by atoms with E-state index in [-0.39, 0.29) is 17.6 Å². The highest BCUT2D eigenvalue weighted by molar-refractivity contribution is 7.88. The minimum Gasteiger partial charge on any atom is -0.376 e. The molecule has 0 bridgehead atoms. The first kappa shape index (κ1) is 30.1. The molecule has 0 saturated carbocycles. The molecule has 3 aromatic rings. The van der Waals surface area contributed by atoms with Gasteiger partial charge in [0.25, 0.3) is 11.8 Å². The van der Waals surface area contributed by atoms with E-state index in [9.17, 15) is 31.2 Å². The Morgan fingerprint density at radius 3 is 2.37 bits per heavy atom. The molecule has 0 aliphatic carbocycles. The number of hydrogen-bond donors (Lipinski definition) is 2. The summed E-state index contributed by atoms with van der Waals surface area (Å²) >= 11 is 0. The van der Waals surface area contributed by atoms with E-state index in [4.69, 9.17) is 0 Å². The van der Waals surface area contributed by atoms with Gasteiger partial charge in [0.15, 0.2) is 0 Å². The van der Waals surface area contributed by atoms with Crippen LogP contribution in [0.3, 0.4) is 0 Å². The molecule has 0 aromatic heterocycles. The van der Waals surface area contributed by atoms with Gasteiger partial charge in [-0.2, -0.15) is 21.6 Å². The number of fused-ring (bicyclic) bond motifs is 1. The number of nitrogens with zero attached hydrogens (tertiary/aromatic N) is 1. The smallest absolute Gasteiger partial charge is 0.376 e. The molecule has 1 heterocycles. The van der Waals surface area contributed by atoms with Crippen molar-refractivity contribution in [2.75, 3.05) is 26.7 Å². The predicted molar refractivity (Wildman–Crippen MR) is 148 cm³/mol. The Morgan fingerprint density at radius 2 is 1.66 bits per heavy atom. The Morgan fingerprint density at radius 1 is 0.902 bits per heavy atom. The second-order valence-corrected chi connectivity index (χ2v) is 11.2. The summed E-state index contributed by atoms with van der Waals surface area (Å²) < 4.78 is 64.8. The first-order valence-electron chi connectivity index (χ1n) is 13.0. The van der Waals surface area contributed by atoms with Crippen LogP contribution in [-0.2, 0) is 23.1 Å². The van der Waals surface area contributed by atoms with Gasteiger partial charge >= 0.3 is 15.6 Å². The first-order valence-corrected chi connectivity index (χ1v) is 14.4. The van der Waals surface area contributed by atoms with Gasteiger partial charge in [-0.3, -0.25) is 14.5 Å². The van der Waals surface area contributed by atoms with Gasteiger partial charge in [0.1, 0.15) is 5.75 Å². The molecule has 0 spiro atoms. The molecule has 218 valence electrons. The summed E-state index contributed by atoms with van der Waals surface area (Å²) in [5.74, 6) is -0.728. The Hall–Kier alpha value is -3.90. The van der Waals surface area contributed by atoms with E-state index < -0.39 is 15.6 Å².